The summed E-state index contributed by atoms with van der Waals surface area (Å²) in [5, 5.41) is 25.0. The Bertz CT molecular complexity index is 2820. The van der Waals surface area contributed by atoms with Crippen molar-refractivity contribution >= 4 is 54.6 Å². The molecular weight excluding hydrogens is 832 g/mol. The molecular formula is C43H42Cl2N6O6S2. The summed E-state index contributed by atoms with van der Waals surface area (Å²) in [5.74, 6) is 0.573. The quantitative estimate of drug-likeness (QED) is 0.143. The van der Waals surface area contributed by atoms with Crippen LogP contribution >= 0.6 is 23.2 Å². The van der Waals surface area contributed by atoms with Crippen LogP contribution in [0.25, 0.3) is 22.5 Å². The lowest BCUT2D eigenvalue weighted by Gasteiger charge is -2.35. The number of H-pyrrole nitrogens is 2. The van der Waals surface area contributed by atoms with Crippen LogP contribution in [0.1, 0.15) is 57.5 Å². The molecule has 59 heavy (non-hydrogen) atoms. The fraction of sp³-hybridized carbons (Fsp3) is 0.163. The molecule has 2 unspecified atom stereocenters. The van der Waals surface area contributed by atoms with Gasteiger partial charge in [-0.15, -0.1) is 0 Å². The number of hydrogen-bond donors (Lipinski definition) is 3. The summed E-state index contributed by atoms with van der Waals surface area (Å²) in [5.41, 5.74) is 6.54. The van der Waals surface area contributed by atoms with Gasteiger partial charge < -0.3 is 9.84 Å². The van der Waals surface area contributed by atoms with E-state index >= 15 is 0 Å². The van der Waals surface area contributed by atoms with Crippen molar-refractivity contribution in [1.29, 1.82) is 0 Å². The highest BCUT2D eigenvalue weighted by atomic mass is 35.5. The number of phenolic OH excluding ortho intramolecular Hbond substituents is 1. The van der Waals surface area contributed by atoms with E-state index in [0.29, 0.717) is 39.3 Å². The van der Waals surface area contributed by atoms with Crippen molar-refractivity contribution in [3.8, 4) is 34.0 Å². The lowest BCUT2D eigenvalue weighted by molar-refractivity contribution is 0.306. The van der Waals surface area contributed by atoms with Crippen LogP contribution in [0.15, 0.2) is 137 Å². The van der Waals surface area contributed by atoms with Gasteiger partial charge in [-0.05, 0) is 92.2 Å². The van der Waals surface area contributed by atoms with Crippen molar-refractivity contribution in [2.75, 3.05) is 8.61 Å². The number of nitrogens with zero attached hydrogens (tertiary/aromatic N) is 4. The molecule has 2 atom stereocenters. The smallest absolute Gasteiger partial charge is 0.264 e. The maximum Gasteiger partial charge on any atom is 0.264 e. The molecule has 0 saturated heterocycles. The van der Waals surface area contributed by atoms with E-state index in [1.54, 1.807) is 43.6 Å². The molecule has 0 spiro atoms. The van der Waals surface area contributed by atoms with Crippen molar-refractivity contribution in [3.63, 3.8) is 0 Å². The third-order valence-corrected chi connectivity index (χ3v) is 14.2. The molecule has 12 nitrogen and oxygen atoms in total. The van der Waals surface area contributed by atoms with Crippen molar-refractivity contribution in [2.45, 2.75) is 57.2 Å². The molecule has 2 aromatic heterocycles. The Morgan fingerprint density at radius 3 is 1.59 bits per heavy atom. The van der Waals surface area contributed by atoms with Gasteiger partial charge in [-0.3, -0.25) is 18.8 Å². The van der Waals surface area contributed by atoms with Crippen molar-refractivity contribution < 1.29 is 26.7 Å². The van der Waals surface area contributed by atoms with Crippen LogP contribution in [-0.4, -0.2) is 42.3 Å². The number of nitrogens with one attached hydrogen (secondary N) is 2. The molecule has 2 aliphatic heterocycles. The number of halogens is 2. The molecule has 0 saturated carbocycles. The Balaban J connectivity index is 0.000000197. The second-order valence-corrected chi connectivity index (χ2v) is 17.9. The van der Waals surface area contributed by atoms with Gasteiger partial charge in [0.15, 0.2) is 0 Å². The zero-order chi connectivity index (χ0) is 40.1. The summed E-state index contributed by atoms with van der Waals surface area (Å²) in [4.78, 5) is 0.298. The molecule has 3 N–H and O–H groups in total. The lowest BCUT2D eigenvalue weighted by Crippen LogP contribution is -2.36. The highest BCUT2D eigenvalue weighted by Gasteiger charge is 2.39. The first kappa shape index (κ1) is 42.8. The van der Waals surface area contributed by atoms with Gasteiger partial charge in [0.05, 0.1) is 57.0 Å². The van der Waals surface area contributed by atoms with Crippen LogP contribution in [0.2, 0.25) is 10.0 Å². The summed E-state index contributed by atoms with van der Waals surface area (Å²) < 4.78 is 62.7. The number of aromatic hydroxyl groups is 1. The number of hydrogen-bond acceptors (Lipinski definition) is 8. The monoisotopic (exact) mass is 872 g/mol. The van der Waals surface area contributed by atoms with E-state index in [2.05, 4.69) is 20.4 Å². The molecule has 0 bridgehead atoms. The zero-order valence-corrected chi connectivity index (χ0v) is 33.5. The predicted octanol–water partition coefficient (Wildman–Crippen LogP) is 10.6. The summed E-state index contributed by atoms with van der Waals surface area (Å²) in [7, 11) is -7.73. The first-order chi connectivity index (χ1) is 27.3. The van der Waals surface area contributed by atoms with Crippen molar-refractivity contribution in [2.24, 2.45) is 0 Å². The molecule has 0 radical (unpaired) electrons. The highest BCUT2D eigenvalue weighted by molar-refractivity contribution is 7.93. The van der Waals surface area contributed by atoms with E-state index in [1.165, 1.54) is 57.1 Å². The van der Waals surface area contributed by atoms with E-state index in [1.807, 2.05) is 49.4 Å². The number of fused-ring (bicyclic) bond motifs is 6. The van der Waals surface area contributed by atoms with Crippen LogP contribution in [0, 0.1) is 0 Å². The van der Waals surface area contributed by atoms with Crippen LogP contribution in [0.5, 0.6) is 11.5 Å². The number of phenols is 1. The lowest BCUT2D eigenvalue weighted by atomic mass is 9.97. The average Bonchev–Trinajstić information content (AvgIpc) is 3.90. The van der Waals surface area contributed by atoms with E-state index in [-0.39, 0.29) is 30.4 Å². The standard InChI is InChI=1S/C24H20ClN3O3S.C17H14ClN3O3S.2CH4/c1-16-22-14-26-27-24(22)21-12-9-19(31-15-17-5-3-2-4-6-17)13-23(21)28(16)32(29,30)20-10-7-18(25)8-11-20;1-10-15-9-19-20-17(15)14-7-4-12(22)8-16(14)21(10)25(23,24)13-5-2-11(18)3-6-13;;/h2-14,16H,15H2,1H3,(H,26,27);2-10,22H,1H3,(H,19,20);2*1H4. The van der Waals surface area contributed by atoms with Crippen LogP contribution in [0.4, 0.5) is 11.4 Å². The minimum absolute atomic E-state index is 0. The summed E-state index contributed by atoms with van der Waals surface area (Å²) in [6.07, 6.45) is 3.30. The Hall–Kier alpha value is -5.80. The van der Waals surface area contributed by atoms with Gasteiger partial charge in [0.2, 0.25) is 0 Å². The molecule has 2 aliphatic rings. The van der Waals surface area contributed by atoms with Gasteiger partial charge in [-0.2, -0.15) is 10.2 Å². The zero-order valence-electron chi connectivity index (χ0n) is 30.3. The Labute approximate surface area is 354 Å². The molecule has 16 heteroatoms. The van der Waals surface area contributed by atoms with Crippen LogP contribution in [0.3, 0.4) is 0 Å². The number of aromatic nitrogens is 4. The third-order valence-electron chi connectivity index (χ3n) is 9.89. The largest absolute Gasteiger partial charge is 0.508 e. The highest BCUT2D eigenvalue weighted by Crippen LogP contribution is 2.49. The Morgan fingerprint density at radius 2 is 1.10 bits per heavy atom. The third kappa shape index (κ3) is 7.88. The normalized spacial score (nSPS) is 15.2. The number of benzene rings is 5. The first-order valence-electron chi connectivity index (χ1n) is 17.7. The first-order valence-corrected chi connectivity index (χ1v) is 21.3. The average molecular weight is 874 g/mol. The molecule has 306 valence electrons. The summed E-state index contributed by atoms with van der Waals surface area (Å²) in [6, 6.07) is 31.2. The van der Waals surface area contributed by atoms with Gasteiger partial charge in [0.25, 0.3) is 20.0 Å². The van der Waals surface area contributed by atoms with Crippen LogP contribution < -0.4 is 13.3 Å². The minimum atomic E-state index is -3.87. The second-order valence-electron chi connectivity index (χ2n) is 13.4. The number of aromatic amines is 2. The van der Waals surface area contributed by atoms with Gasteiger partial charge in [-0.1, -0.05) is 68.4 Å². The molecule has 0 fully saturated rings. The summed E-state index contributed by atoms with van der Waals surface area (Å²) in [6.45, 7) is 4.02. The molecule has 5 aromatic carbocycles. The topological polar surface area (TPSA) is 162 Å². The molecule has 7 aromatic rings. The Morgan fingerprint density at radius 1 is 0.644 bits per heavy atom. The Kier molecular flexibility index (Phi) is 12.2. The fourth-order valence-corrected chi connectivity index (χ4v) is 10.6. The number of sulfonamides is 2. The second kappa shape index (κ2) is 16.8. The molecule has 0 amide bonds. The van der Waals surface area contributed by atoms with Gasteiger partial charge in [-0.25, -0.2) is 16.8 Å². The van der Waals surface area contributed by atoms with Gasteiger partial charge >= 0.3 is 0 Å². The fourth-order valence-electron chi connectivity index (χ4n) is 7.09. The molecule has 9 rings (SSSR count). The van der Waals surface area contributed by atoms with Crippen molar-refractivity contribution in [1.82, 2.24) is 20.4 Å². The number of rotatable bonds is 7. The van der Waals surface area contributed by atoms with E-state index in [4.69, 9.17) is 27.9 Å². The molecule has 4 heterocycles. The van der Waals surface area contributed by atoms with E-state index in [9.17, 15) is 21.9 Å². The summed E-state index contributed by atoms with van der Waals surface area (Å²) >= 11 is 11.9. The van der Waals surface area contributed by atoms with Crippen molar-refractivity contribution in [3.05, 3.63) is 154 Å². The number of ether oxygens (including phenoxy) is 1. The minimum Gasteiger partial charge on any atom is -0.508 e. The van der Waals surface area contributed by atoms with E-state index in [0.717, 1.165) is 33.6 Å². The van der Waals surface area contributed by atoms with Gasteiger partial charge in [0.1, 0.15) is 18.1 Å². The predicted molar refractivity (Wildman–Crippen MR) is 233 cm³/mol. The van der Waals surface area contributed by atoms with Crippen LogP contribution in [-0.2, 0) is 26.7 Å². The SMILES string of the molecule is C.C.CC1c2cn[nH]c2-c2ccc(O)cc2N1S(=O)(=O)c1ccc(Cl)cc1.CC1c2cn[nH]c2-c2ccc(OCc3ccccc3)cc2N1S(=O)(=O)c1ccc(Cl)cc1. The number of anilines is 2. The van der Waals surface area contributed by atoms with Gasteiger partial charge in [0, 0.05) is 44.4 Å². The maximum absolute atomic E-state index is 13.7. The van der Waals surface area contributed by atoms with E-state index < -0.39 is 32.1 Å². The molecule has 0 aliphatic carbocycles. The maximum atomic E-state index is 13.7.